The number of H-pyrrole nitrogens is 2. The molecule has 24 nitrogen and oxygen atoms in total. The third-order valence-corrected chi connectivity index (χ3v) is 24.1. The minimum atomic E-state index is -3.88. The third kappa shape index (κ3) is 13.9. The SMILES string of the molecule is CS(=O)(=O)[C@@]1(C(=O)Nc2ccc3[nH]nc(-c4ccc(F)cc4)c3c2)CCN(CC(=O)N2CC=C(c3ncc(-c4ncccn4)s3)CC2)C1.CS(=O)(=O)[C@@]1(C(=O)Nc2ccc3[nH]nc(-c4ccnc(C5CC5)c4)c3c2)CCN(CC(=O)N2CC=C(c3ccc(-c4ncccn4)cc3)CC2)C1. The third-order valence-electron chi connectivity index (χ3n) is 19.2. The smallest absolute Gasteiger partial charge is 0.247 e. The van der Waals surface area contributed by atoms with E-state index < -0.39 is 41.0 Å². The van der Waals surface area contributed by atoms with Gasteiger partial charge in [0, 0.05) is 153 Å². The van der Waals surface area contributed by atoms with Crippen molar-refractivity contribution in [1.82, 2.24) is 69.9 Å². The predicted molar refractivity (Wildman–Crippen MR) is 376 cm³/mol. The van der Waals surface area contributed by atoms with E-state index in [0.717, 1.165) is 85.4 Å². The largest absolute Gasteiger partial charge is 0.338 e. The zero-order valence-electron chi connectivity index (χ0n) is 54.1. The van der Waals surface area contributed by atoms with E-state index in [0.29, 0.717) is 96.7 Å². The van der Waals surface area contributed by atoms with Crippen LogP contribution in [0.2, 0.25) is 0 Å². The van der Waals surface area contributed by atoms with Gasteiger partial charge in [0.25, 0.3) is 0 Å². The van der Waals surface area contributed by atoms with Crippen LogP contribution in [0.4, 0.5) is 15.8 Å². The van der Waals surface area contributed by atoms with Gasteiger partial charge in [-0.25, -0.2) is 46.1 Å². The number of carbonyl (C=O) groups is 4. The summed E-state index contributed by atoms with van der Waals surface area (Å²) in [5.74, 6) is -0.0573. The fraction of sp³-hybridized carbons (Fsp3) is 0.296. The number of sulfone groups is 2. The van der Waals surface area contributed by atoms with E-state index in [-0.39, 0.29) is 63.2 Å². The highest BCUT2D eigenvalue weighted by molar-refractivity contribution is 7.93. The van der Waals surface area contributed by atoms with Crippen LogP contribution in [0.25, 0.3) is 77.6 Å². The van der Waals surface area contributed by atoms with E-state index in [9.17, 15) is 40.4 Å². The molecule has 2 atom stereocenters. The molecule has 99 heavy (non-hydrogen) atoms. The maximum atomic E-state index is 13.9. The summed E-state index contributed by atoms with van der Waals surface area (Å²) in [6.07, 6.45) is 20.4. The summed E-state index contributed by atoms with van der Waals surface area (Å²) < 4.78 is 63.0. The zero-order valence-corrected chi connectivity index (χ0v) is 56.6. The number of anilines is 2. The van der Waals surface area contributed by atoms with Crippen molar-refractivity contribution in [3.8, 4) is 44.6 Å². The van der Waals surface area contributed by atoms with E-state index in [1.165, 1.54) is 23.5 Å². The number of amides is 4. The molecule has 4 N–H and O–H groups in total. The number of aromatic nitrogens is 10. The Labute approximate surface area is 573 Å². The van der Waals surface area contributed by atoms with E-state index in [2.05, 4.69) is 73.1 Å². The van der Waals surface area contributed by atoms with Crippen LogP contribution in [0.1, 0.15) is 60.7 Å². The molecule has 4 amide bonds. The van der Waals surface area contributed by atoms with Crippen LogP contribution in [0.5, 0.6) is 0 Å². The van der Waals surface area contributed by atoms with Gasteiger partial charge < -0.3 is 20.4 Å². The lowest BCUT2D eigenvalue weighted by atomic mass is 9.98. The van der Waals surface area contributed by atoms with Crippen molar-refractivity contribution < 1.29 is 40.4 Å². The van der Waals surface area contributed by atoms with Gasteiger partial charge in [0.15, 0.2) is 40.8 Å². The summed E-state index contributed by atoms with van der Waals surface area (Å²) in [6, 6.07) is 32.0. The van der Waals surface area contributed by atoms with Crippen molar-refractivity contribution in [2.45, 2.75) is 53.9 Å². The Balaban J connectivity index is 0.000000169. The van der Waals surface area contributed by atoms with Gasteiger partial charge in [0.05, 0.1) is 34.7 Å². The van der Waals surface area contributed by atoms with E-state index >= 15 is 0 Å². The number of likely N-dealkylation sites (tertiary alicyclic amines) is 2. The number of aromatic amines is 2. The Bertz CT molecular complexity index is 5050. The fourth-order valence-corrected chi connectivity index (χ4v) is 16.7. The summed E-state index contributed by atoms with van der Waals surface area (Å²) in [6.45, 7) is 2.40. The Kier molecular flexibility index (Phi) is 18.2. The molecule has 2 saturated heterocycles. The molecule has 6 aromatic heterocycles. The van der Waals surface area contributed by atoms with Crippen LogP contribution in [0.3, 0.4) is 0 Å². The molecule has 1 saturated carbocycles. The normalized spacial score (nSPS) is 19.1. The number of fused-ring (bicyclic) bond motifs is 2. The maximum absolute atomic E-state index is 13.9. The number of thiazole rings is 1. The van der Waals surface area contributed by atoms with E-state index in [4.69, 9.17) is 0 Å². The van der Waals surface area contributed by atoms with Crippen molar-refractivity contribution in [3.05, 3.63) is 181 Å². The lowest BCUT2D eigenvalue weighted by molar-refractivity contribution is -0.132. The van der Waals surface area contributed by atoms with Crippen LogP contribution in [-0.4, -0.2) is 198 Å². The molecular weight excluding hydrogens is 1320 g/mol. The summed E-state index contributed by atoms with van der Waals surface area (Å²) in [7, 11) is -7.72. The predicted octanol–water partition coefficient (Wildman–Crippen LogP) is 8.73. The molecule has 10 heterocycles. The highest BCUT2D eigenvalue weighted by Crippen LogP contribution is 2.41. The molecule has 0 spiro atoms. The van der Waals surface area contributed by atoms with Crippen LogP contribution in [0, 0.1) is 5.82 Å². The second kappa shape index (κ2) is 27.3. The first-order valence-corrected chi connectivity index (χ1v) is 37.1. The summed E-state index contributed by atoms with van der Waals surface area (Å²) in [4.78, 5) is 88.5. The van der Waals surface area contributed by atoms with Gasteiger partial charge >= 0.3 is 0 Å². The van der Waals surface area contributed by atoms with Crippen molar-refractivity contribution >= 4 is 99.0 Å². The van der Waals surface area contributed by atoms with Crippen LogP contribution < -0.4 is 10.6 Å². The first-order chi connectivity index (χ1) is 47.8. The molecule has 10 aromatic rings. The average Bonchev–Trinajstić information content (AvgIpc) is 1.67. The lowest BCUT2D eigenvalue weighted by Crippen LogP contribution is -2.52. The number of halogens is 1. The molecule has 0 unspecified atom stereocenters. The number of nitrogens with one attached hydrogen (secondary N) is 4. The van der Waals surface area contributed by atoms with Crippen molar-refractivity contribution in [2.24, 2.45) is 0 Å². The summed E-state index contributed by atoms with van der Waals surface area (Å²) >= 11 is 1.51. The number of hydrogen-bond acceptors (Lipinski definition) is 19. The van der Waals surface area contributed by atoms with Gasteiger partial charge in [-0.3, -0.25) is 44.2 Å². The van der Waals surface area contributed by atoms with Crippen molar-refractivity contribution in [1.29, 1.82) is 0 Å². The number of carbonyl (C=O) groups excluding carboxylic acids is 4. The minimum Gasteiger partial charge on any atom is -0.338 e. The van der Waals surface area contributed by atoms with E-state index in [1.807, 2.05) is 48.5 Å². The zero-order chi connectivity index (χ0) is 68.6. The number of rotatable bonds is 17. The second-order valence-electron chi connectivity index (χ2n) is 25.7. The molecule has 506 valence electrons. The number of pyridine rings is 1. The van der Waals surface area contributed by atoms with Gasteiger partial charge in [-0.1, -0.05) is 36.4 Å². The summed E-state index contributed by atoms with van der Waals surface area (Å²) in [5, 5.41) is 22.9. The highest BCUT2D eigenvalue weighted by atomic mass is 32.2. The Morgan fingerprint density at radius 3 is 1.59 bits per heavy atom. The number of benzene rings is 4. The first kappa shape index (κ1) is 66.1. The fourth-order valence-electron chi connectivity index (χ4n) is 13.3. The van der Waals surface area contributed by atoms with Gasteiger partial charge in [0.1, 0.15) is 16.5 Å². The molecule has 5 aliphatic rings. The molecule has 15 rings (SSSR count). The topological polar surface area (TPSA) is 308 Å². The monoisotopic (exact) mass is 1390 g/mol. The minimum absolute atomic E-state index is 0.00246. The van der Waals surface area contributed by atoms with Gasteiger partial charge in [-0.2, -0.15) is 10.2 Å². The van der Waals surface area contributed by atoms with Gasteiger partial charge in [-0.05, 0) is 140 Å². The van der Waals surface area contributed by atoms with Crippen LogP contribution in [-0.2, 0) is 38.9 Å². The van der Waals surface area contributed by atoms with Gasteiger partial charge in [-0.15, -0.1) is 11.3 Å². The molecule has 3 fully saturated rings. The Hall–Kier alpha value is -10.1. The molecule has 28 heteroatoms. The molecule has 4 aromatic carbocycles. The highest BCUT2D eigenvalue weighted by Gasteiger charge is 2.54. The lowest BCUT2D eigenvalue weighted by Gasteiger charge is -2.29. The first-order valence-electron chi connectivity index (χ1n) is 32.5. The molecule has 0 radical (unpaired) electrons. The second-order valence-corrected chi connectivity index (χ2v) is 31.4. The molecule has 1 aliphatic carbocycles. The van der Waals surface area contributed by atoms with E-state index in [1.54, 1.807) is 105 Å². The molecule has 0 bridgehead atoms. The van der Waals surface area contributed by atoms with Crippen LogP contribution in [0.15, 0.2) is 159 Å². The number of hydrogen-bond donors (Lipinski definition) is 4. The standard InChI is InChI=1S/C38H38N8O4S.C33H31FN8O4S2/c1-51(49,50)38(37(48)42-30-9-10-32-31(22-30)35(44-43-32)29-11-17-39-33(21-29)27-5-6-27)14-20-45(24-38)23-34(47)46-18-12-26(13-19-46)25-3-7-28(8-4-25)36-40-15-2-16-41-36;1-48(45,46)33(32(44)38-24-7-8-26-25(17-24)29(40-39-26)21-3-5-23(34)6-4-21)11-16-41(20-33)19-28(43)42-14-9-22(10-15-42)31-37-18-27(47-31)30-35-12-2-13-36-30/h2-4,7-12,15-17,21-22,27H,5-6,13-14,18-20,23-24H2,1H3,(H,42,48)(H,43,44);2-9,12-13,17-18H,10-11,14-16,19-20H2,1H3,(H,38,44)(H,39,40)/t38-;33-/m00/s1. The molecule has 4 aliphatic heterocycles. The molecular formula is C71H69FN16O8S3. The van der Waals surface area contributed by atoms with Crippen molar-refractivity contribution in [3.63, 3.8) is 0 Å². The summed E-state index contributed by atoms with van der Waals surface area (Å²) in [5.41, 5.74) is 10.6. The Morgan fingerprint density at radius 2 is 1.07 bits per heavy atom. The number of nitrogens with zero attached hydrogens (tertiary/aromatic N) is 12. The quantitative estimate of drug-likeness (QED) is 0.0662. The van der Waals surface area contributed by atoms with Crippen LogP contribution >= 0.6 is 11.3 Å². The maximum Gasteiger partial charge on any atom is 0.247 e. The van der Waals surface area contributed by atoms with Gasteiger partial charge in [0.2, 0.25) is 23.6 Å². The Morgan fingerprint density at radius 1 is 0.566 bits per heavy atom. The average molecular weight is 1390 g/mol. The van der Waals surface area contributed by atoms with Crippen molar-refractivity contribution in [2.75, 3.05) is 88.6 Å².